The van der Waals surface area contributed by atoms with Gasteiger partial charge in [0.1, 0.15) is 5.75 Å². The summed E-state index contributed by atoms with van der Waals surface area (Å²) in [6.45, 7) is 8.66. The van der Waals surface area contributed by atoms with Crippen LogP contribution in [0, 0.1) is 6.92 Å². The summed E-state index contributed by atoms with van der Waals surface area (Å²) in [5, 5.41) is 8.40. The van der Waals surface area contributed by atoms with Crippen molar-refractivity contribution < 1.29 is 14.3 Å². The second kappa shape index (κ2) is 11.7. The van der Waals surface area contributed by atoms with Gasteiger partial charge in [-0.25, -0.2) is 9.48 Å². The number of ether oxygens (including phenoxy) is 2. The van der Waals surface area contributed by atoms with E-state index >= 15 is 0 Å². The molecule has 0 saturated carbocycles. The Morgan fingerprint density at radius 2 is 1.91 bits per heavy atom. The van der Waals surface area contributed by atoms with Gasteiger partial charge in [-0.2, -0.15) is 0 Å². The monoisotopic (exact) mass is 486 g/mol. The van der Waals surface area contributed by atoms with Gasteiger partial charge in [0.25, 0.3) is 0 Å². The molecule has 0 fully saturated rings. The van der Waals surface area contributed by atoms with E-state index in [-0.39, 0.29) is 24.2 Å². The molecule has 0 atom stereocenters. The summed E-state index contributed by atoms with van der Waals surface area (Å²) in [6.07, 6.45) is 0.757. The van der Waals surface area contributed by atoms with E-state index in [1.165, 1.54) is 4.68 Å². The molecule has 0 aliphatic carbocycles. The molecule has 3 rings (SSSR count). The van der Waals surface area contributed by atoms with Crippen molar-refractivity contribution in [2.45, 2.75) is 59.7 Å². The van der Waals surface area contributed by atoms with E-state index in [4.69, 9.17) is 21.1 Å². The van der Waals surface area contributed by atoms with Crippen molar-refractivity contribution in [2.75, 3.05) is 11.9 Å². The number of nitrogens with zero attached hydrogens (tertiary/aromatic N) is 3. The van der Waals surface area contributed by atoms with Crippen molar-refractivity contribution in [3.63, 3.8) is 0 Å². The molecule has 0 unspecified atom stereocenters. The normalized spacial score (nSPS) is 11.0. The molecule has 0 radical (unpaired) electrons. The molecule has 34 heavy (non-hydrogen) atoms. The number of benzene rings is 2. The van der Waals surface area contributed by atoms with E-state index in [2.05, 4.69) is 10.4 Å². The zero-order valence-electron chi connectivity index (χ0n) is 20.0. The molecule has 0 aliphatic rings. The van der Waals surface area contributed by atoms with Crippen molar-refractivity contribution in [3.8, 4) is 5.75 Å². The molecule has 3 aromatic rings. The lowest BCUT2D eigenvalue weighted by Crippen LogP contribution is -2.26. The number of hydrogen-bond acceptors (Lipinski definition) is 6. The fourth-order valence-electron chi connectivity index (χ4n) is 3.44. The van der Waals surface area contributed by atoms with Crippen molar-refractivity contribution in [1.82, 2.24) is 14.3 Å². The Kier molecular flexibility index (Phi) is 8.76. The molecule has 1 aromatic heterocycles. The predicted octanol–water partition coefficient (Wildman–Crippen LogP) is 4.93. The highest BCUT2D eigenvalue weighted by Crippen LogP contribution is 2.25. The summed E-state index contributed by atoms with van der Waals surface area (Å²) in [4.78, 5) is 24.8. The Labute approximate surface area is 204 Å². The van der Waals surface area contributed by atoms with Gasteiger partial charge in [0.15, 0.2) is 0 Å². The number of carbonyl (C=O) groups is 1. The average Bonchev–Trinajstić information content (AvgIpc) is 3.06. The number of carbonyl (C=O) groups excluding carboxylic acids is 1. The van der Waals surface area contributed by atoms with Gasteiger partial charge in [-0.05, 0) is 75.6 Å². The molecule has 8 nitrogen and oxygen atoms in total. The van der Waals surface area contributed by atoms with E-state index in [0.29, 0.717) is 37.1 Å². The summed E-state index contributed by atoms with van der Waals surface area (Å²) >= 11 is 6.01. The number of halogens is 1. The topological polar surface area (TPSA) is 87.4 Å². The lowest BCUT2D eigenvalue weighted by molar-refractivity contribution is -0.143. The molecule has 9 heteroatoms. The molecule has 0 bridgehead atoms. The smallest absolute Gasteiger partial charge is 0.347 e. The number of hydrogen-bond donors (Lipinski definition) is 1. The van der Waals surface area contributed by atoms with Crippen LogP contribution in [0.5, 0.6) is 5.75 Å². The fraction of sp³-hybridized carbons (Fsp3) is 0.400. The van der Waals surface area contributed by atoms with Crippen LogP contribution in [0.3, 0.4) is 0 Å². The van der Waals surface area contributed by atoms with Gasteiger partial charge >= 0.3 is 11.7 Å². The van der Waals surface area contributed by atoms with Crippen LogP contribution in [-0.2, 0) is 22.6 Å². The lowest BCUT2D eigenvalue weighted by Gasteiger charge is -2.14. The number of rotatable bonds is 11. The van der Waals surface area contributed by atoms with Crippen LogP contribution in [0.1, 0.15) is 44.7 Å². The first-order valence-electron chi connectivity index (χ1n) is 11.4. The average molecular weight is 487 g/mol. The zero-order valence-corrected chi connectivity index (χ0v) is 20.8. The molecule has 0 spiro atoms. The SMILES string of the molecule is CCOC(=O)CCCn1nc(Nc2ccc(OC(C)C)c(C)c2)n(Cc2ccc(Cl)cc2)c1=O. The Morgan fingerprint density at radius 1 is 1.18 bits per heavy atom. The highest BCUT2D eigenvalue weighted by molar-refractivity contribution is 6.30. The van der Waals surface area contributed by atoms with Crippen molar-refractivity contribution >= 4 is 29.2 Å². The Morgan fingerprint density at radius 3 is 2.56 bits per heavy atom. The van der Waals surface area contributed by atoms with Crippen LogP contribution in [-0.4, -0.2) is 33.0 Å². The minimum atomic E-state index is -0.284. The molecule has 1 heterocycles. The van der Waals surface area contributed by atoms with Crippen molar-refractivity contribution in [3.05, 3.63) is 69.1 Å². The first-order valence-corrected chi connectivity index (χ1v) is 11.8. The van der Waals surface area contributed by atoms with Crippen LogP contribution in [0.15, 0.2) is 47.3 Å². The fourth-order valence-corrected chi connectivity index (χ4v) is 3.57. The maximum atomic E-state index is 13.2. The second-order valence-electron chi connectivity index (χ2n) is 8.22. The van der Waals surface area contributed by atoms with Crippen LogP contribution < -0.4 is 15.7 Å². The molecule has 0 aliphatic heterocycles. The molecule has 182 valence electrons. The second-order valence-corrected chi connectivity index (χ2v) is 8.66. The van der Waals surface area contributed by atoms with Crippen LogP contribution in [0.2, 0.25) is 5.02 Å². The van der Waals surface area contributed by atoms with Gasteiger partial charge in [0.2, 0.25) is 5.95 Å². The molecule has 0 saturated heterocycles. The molecule has 2 aromatic carbocycles. The summed E-state index contributed by atoms with van der Waals surface area (Å²) in [5.74, 6) is 0.935. The van der Waals surface area contributed by atoms with E-state index in [0.717, 1.165) is 22.6 Å². The minimum absolute atomic E-state index is 0.0763. The van der Waals surface area contributed by atoms with Gasteiger partial charge in [0, 0.05) is 23.7 Å². The first-order chi connectivity index (χ1) is 16.3. The summed E-state index contributed by atoms with van der Waals surface area (Å²) in [6, 6.07) is 13.1. The Bertz CT molecular complexity index is 1170. The molecule has 1 N–H and O–H groups in total. The number of aryl methyl sites for hydroxylation is 2. The van der Waals surface area contributed by atoms with Gasteiger partial charge in [-0.3, -0.25) is 9.36 Å². The lowest BCUT2D eigenvalue weighted by atomic mass is 10.2. The highest BCUT2D eigenvalue weighted by Gasteiger charge is 2.15. The number of esters is 1. The number of aromatic nitrogens is 3. The third kappa shape index (κ3) is 6.87. The van der Waals surface area contributed by atoms with Gasteiger partial charge < -0.3 is 14.8 Å². The summed E-state index contributed by atoms with van der Waals surface area (Å²) in [7, 11) is 0. The minimum Gasteiger partial charge on any atom is -0.491 e. The predicted molar refractivity (Wildman–Crippen MR) is 133 cm³/mol. The maximum Gasteiger partial charge on any atom is 0.347 e. The number of nitrogens with one attached hydrogen (secondary N) is 1. The van der Waals surface area contributed by atoms with Crippen LogP contribution >= 0.6 is 11.6 Å². The van der Waals surface area contributed by atoms with E-state index in [1.807, 2.05) is 51.1 Å². The van der Waals surface area contributed by atoms with Crippen molar-refractivity contribution in [2.24, 2.45) is 0 Å². The summed E-state index contributed by atoms with van der Waals surface area (Å²) < 4.78 is 13.7. The van der Waals surface area contributed by atoms with Gasteiger partial charge in [0.05, 0.1) is 19.3 Å². The van der Waals surface area contributed by atoms with Gasteiger partial charge in [-0.1, -0.05) is 23.7 Å². The quantitative estimate of drug-likeness (QED) is 0.387. The first kappa shape index (κ1) is 25.4. The number of anilines is 2. The van der Waals surface area contributed by atoms with E-state index in [9.17, 15) is 9.59 Å². The maximum absolute atomic E-state index is 13.2. The molecular formula is C25H31ClN4O4. The van der Waals surface area contributed by atoms with E-state index in [1.54, 1.807) is 23.6 Å². The third-order valence-corrected chi connectivity index (χ3v) is 5.28. The Balaban J connectivity index is 1.86. The molecule has 0 amide bonds. The van der Waals surface area contributed by atoms with Gasteiger partial charge in [-0.15, -0.1) is 5.10 Å². The van der Waals surface area contributed by atoms with Crippen LogP contribution in [0.25, 0.3) is 0 Å². The standard InChI is InChI=1S/C25H31ClN4O4/c1-5-33-23(31)7-6-14-30-25(32)29(16-19-8-10-20(26)11-9-19)24(28-30)27-21-12-13-22(18(4)15-21)34-17(2)3/h8-13,15,17H,5-7,14,16H2,1-4H3,(H,27,28). The largest absolute Gasteiger partial charge is 0.491 e. The third-order valence-electron chi connectivity index (χ3n) is 5.03. The molecular weight excluding hydrogens is 456 g/mol. The van der Waals surface area contributed by atoms with E-state index < -0.39 is 0 Å². The summed E-state index contributed by atoms with van der Waals surface area (Å²) in [5.41, 5.74) is 2.41. The Hall–Kier alpha value is -3.26. The van der Waals surface area contributed by atoms with Crippen LogP contribution in [0.4, 0.5) is 11.6 Å². The zero-order chi connectivity index (χ0) is 24.7. The highest BCUT2D eigenvalue weighted by atomic mass is 35.5. The van der Waals surface area contributed by atoms with Crippen molar-refractivity contribution in [1.29, 1.82) is 0 Å².